The van der Waals surface area contributed by atoms with Gasteiger partial charge in [0.1, 0.15) is 11.6 Å². The van der Waals surface area contributed by atoms with Crippen molar-refractivity contribution in [2.45, 2.75) is 50.5 Å². The Morgan fingerprint density at radius 2 is 1.61 bits per heavy atom. The molecule has 0 bridgehead atoms. The fraction of sp³-hybridized carbons (Fsp3) is 0.464. The first-order valence-corrected chi connectivity index (χ1v) is 13.4. The molecule has 0 unspecified atom stereocenters. The van der Waals surface area contributed by atoms with Gasteiger partial charge < -0.3 is 25.4 Å². The molecule has 3 amide bonds. The maximum absolute atomic E-state index is 14.6. The fourth-order valence-electron chi connectivity index (χ4n) is 5.08. The third kappa shape index (κ3) is 7.37. The molecule has 4 rings (SSSR count). The van der Waals surface area contributed by atoms with E-state index in [0.29, 0.717) is 55.5 Å². The summed E-state index contributed by atoms with van der Waals surface area (Å²) in [5.41, 5.74) is 1.12. The largest absolute Gasteiger partial charge is 0.490 e. The average molecular weight is 546 g/mol. The minimum absolute atomic E-state index is 0.109. The van der Waals surface area contributed by atoms with E-state index in [1.807, 2.05) is 24.3 Å². The molecule has 2 fully saturated rings. The number of hydrogen-bond acceptors (Lipinski definition) is 4. The molecule has 0 atom stereocenters. The summed E-state index contributed by atoms with van der Waals surface area (Å²) in [6.07, 6.45) is 3.81. The second-order valence-electron chi connectivity index (χ2n) is 9.87. The molecule has 1 aliphatic heterocycles. The number of carbonyl (C=O) groups excluding carboxylic acids is 2. The van der Waals surface area contributed by atoms with Crippen LogP contribution in [0, 0.1) is 11.7 Å². The molecule has 0 aromatic heterocycles. The Kier molecular flexibility index (Phi) is 9.44. The molecule has 2 aromatic rings. The van der Waals surface area contributed by atoms with Gasteiger partial charge in [0.25, 0.3) is 5.91 Å². The average Bonchev–Trinajstić information content (AvgIpc) is 2.92. The van der Waals surface area contributed by atoms with Crippen molar-refractivity contribution in [3.63, 3.8) is 0 Å². The lowest BCUT2D eigenvalue weighted by molar-refractivity contribution is -0.143. The summed E-state index contributed by atoms with van der Waals surface area (Å²) in [6.45, 7) is 1.68. The number of carboxylic acid groups (broad SMARTS) is 1. The number of ether oxygens (including phenoxy) is 1. The second-order valence-corrected chi connectivity index (χ2v) is 10.3. The van der Waals surface area contributed by atoms with Gasteiger partial charge in [-0.3, -0.25) is 9.59 Å². The molecular formula is C28H33ClFN3O5. The van der Waals surface area contributed by atoms with E-state index in [2.05, 4.69) is 10.6 Å². The van der Waals surface area contributed by atoms with Gasteiger partial charge in [0, 0.05) is 37.3 Å². The Balaban J connectivity index is 1.15. The second kappa shape index (κ2) is 13.0. The number of halogens is 2. The van der Waals surface area contributed by atoms with Crippen molar-refractivity contribution < 1.29 is 28.6 Å². The standard InChI is InChI=1S/C28H33ClFN3O5/c29-21-5-1-18(2-6-21)19-11-15-33(16-12-19)28(37)32-14-13-31-26(34)24-10-9-23(17-25(24)30)38-22-7-3-20(4-8-22)27(35)36/h1-2,5-6,9-10,17,19-20,22H,3-4,7-8,11-16H2,(H,31,34)(H,32,37)(H,35,36). The summed E-state index contributed by atoms with van der Waals surface area (Å²) in [4.78, 5) is 37.8. The molecule has 8 nitrogen and oxygen atoms in total. The lowest BCUT2D eigenvalue weighted by Crippen LogP contribution is -2.46. The number of piperidine rings is 1. The van der Waals surface area contributed by atoms with Crippen LogP contribution in [-0.4, -0.2) is 60.2 Å². The summed E-state index contributed by atoms with van der Waals surface area (Å²) in [6, 6.07) is 11.7. The van der Waals surface area contributed by atoms with Gasteiger partial charge in [-0.2, -0.15) is 0 Å². The summed E-state index contributed by atoms with van der Waals surface area (Å²) in [5.74, 6) is -1.71. The number of hydrogen-bond donors (Lipinski definition) is 3. The zero-order valence-corrected chi connectivity index (χ0v) is 21.9. The van der Waals surface area contributed by atoms with Crippen LogP contribution in [0.2, 0.25) is 5.02 Å². The minimum atomic E-state index is -0.792. The summed E-state index contributed by atoms with van der Waals surface area (Å²) in [5, 5.41) is 15.2. The number of nitrogens with one attached hydrogen (secondary N) is 2. The van der Waals surface area contributed by atoms with E-state index in [4.69, 9.17) is 21.4 Å². The van der Waals surface area contributed by atoms with Gasteiger partial charge in [0.05, 0.1) is 17.6 Å². The number of benzene rings is 2. The third-order valence-electron chi connectivity index (χ3n) is 7.32. The van der Waals surface area contributed by atoms with Crippen molar-refractivity contribution in [1.82, 2.24) is 15.5 Å². The number of rotatable bonds is 8. The van der Waals surface area contributed by atoms with Crippen LogP contribution >= 0.6 is 11.6 Å². The minimum Gasteiger partial charge on any atom is -0.490 e. The van der Waals surface area contributed by atoms with Gasteiger partial charge in [0.15, 0.2) is 0 Å². The monoisotopic (exact) mass is 545 g/mol. The molecular weight excluding hydrogens is 513 g/mol. The van der Waals surface area contributed by atoms with Crippen molar-refractivity contribution in [1.29, 1.82) is 0 Å². The Hall–Kier alpha value is -3.33. The van der Waals surface area contributed by atoms with E-state index >= 15 is 0 Å². The van der Waals surface area contributed by atoms with Gasteiger partial charge in [-0.25, -0.2) is 9.18 Å². The molecule has 204 valence electrons. The van der Waals surface area contributed by atoms with E-state index < -0.39 is 17.7 Å². The maximum atomic E-state index is 14.6. The molecule has 0 spiro atoms. The van der Waals surface area contributed by atoms with Crippen LogP contribution in [0.1, 0.15) is 60.4 Å². The summed E-state index contributed by atoms with van der Waals surface area (Å²) in [7, 11) is 0. The lowest BCUT2D eigenvalue weighted by Gasteiger charge is -2.32. The first-order valence-electron chi connectivity index (χ1n) is 13.1. The first-order chi connectivity index (χ1) is 18.3. The Labute approximate surface area is 226 Å². The number of aliphatic carboxylic acids is 1. The quantitative estimate of drug-likeness (QED) is 0.412. The molecule has 1 saturated heterocycles. The highest BCUT2D eigenvalue weighted by Gasteiger charge is 2.27. The predicted octanol–water partition coefficient (Wildman–Crippen LogP) is 4.82. The van der Waals surface area contributed by atoms with Gasteiger partial charge in [-0.1, -0.05) is 23.7 Å². The molecule has 10 heteroatoms. The molecule has 3 N–H and O–H groups in total. The van der Waals surface area contributed by atoms with Crippen LogP contribution in [0.25, 0.3) is 0 Å². The molecule has 2 aromatic carbocycles. The number of nitrogens with zero attached hydrogens (tertiary/aromatic N) is 1. The lowest BCUT2D eigenvalue weighted by atomic mass is 9.87. The smallest absolute Gasteiger partial charge is 0.317 e. The van der Waals surface area contributed by atoms with Gasteiger partial charge in [-0.05, 0) is 74.3 Å². The molecule has 38 heavy (non-hydrogen) atoms. The molecule has 1 heterocycles. The van der Waals surface area contributed by atoms with E-state index in [1.165, 1.54) is 23.8 Å². The van der Waals surface area contributed by atoms with E-state index in [-0.39, 0.29) is 36.7 Å². The Bertz CT molecular complexity index is 1130. The van der Waals surface area contributed by atoms with Crippen molar-refractivity contribution >= 4 is 29.5 Å². The zero-order valence-electron chi connectivity index (χ0n) is 21.1. The SMILES string of the molecule is O=C(NCCNC(=O)N1CCC(c2ccc(Cl)cc2)CC1)c1ccc(OC2CCC(C(=O)O)CC2)cc1F. The number of amides is 3. The van der Waals surface area contributed by atoms with Crippen molar-refractivity contribution in [3.8, 4) is 5.75 Å². The van der Waals surface area contributed by atoms with Crippen LogP contribution in [-0.2, 0) is 4.79 Å². The van der Waals surface area contributed by atoms with E-state index in [9.17, 15) is 18.8 Å². The van der Waals surface area contributed by atoms with E-state index in [0.717, 1.165) is 12.8 Å². The molecule has 1 aliphatic carbocycles. The van der Waals surface area contributed by atoms with Crippen LogP contribution < -0.4 is 15.4 Å². The molecule has 1 saturated carbocycles. The number of urea groups is 1. The summed E-state index contributed by atoms with van der Waals surface area (Å²) < 4.78 is 20.4. The van der Waals surface area contributed by atoms with Crippen molar-refractivity contribution in [2.24, 2.45) is 5.92 Å². The van der Waals surface area contributed by atoms with Gasteiger partial charge in [-0.15, -0.1) is 0 Å². The van der Waals surface area contributed by atoms with E-state index in [1.54, 1.807) is 4.90 Å². The Morgan fingerprint density at radius 3 is 2.24 bits per heavy atom. The predicted molar refractivity (Wildman–Crippen MR) is 141 cm³/mol. The first kappa shape index (κ1) is 27.7. The van der Waals surface area contributed by atoms with Crippen LogP contribution in [0.5, 0.6) is 5.75 Å². The highest BCUT2D eigenvalue weighted by molar-refractivity contribution is 6.30. The molecule has 2 aliphatic rings. The topological polar surface area (TPSA) is 108 Å². The number of likely N-dealkylation sites (tertiary alicyclic amines) is 1. The van der Waals surface area contributed by atoms with Gasteiger partial charge in [0.2, 0.25) is 0 Å². The molecule has 0 radical (unpaired) electrons. The summed E-state index contributed by atoms with van der Waals surface area (Å²) >= 11 is 5.96. The number of carboxylic acids is 1. The highest BCUT2D eigenvalue weighted by atomic mass is 35.5. The van der Waals surface area contributed by atoms with Crippen molar-refractivity contribution in [2.75, 3.05) is 26.2 Å². The van der Waals surface area contributed by atoms with Crippen LogP contribution in [0.3, 0.4) is 0 Å². The Morgan fingerprint density at radius 1 is 0.947 bits per heavy atom. The van der Waals surface area contributed by atoms with Crippen molar-refractivity contribution in [3.05, 3.63) is 64.4 Å². The van der Waals surface area contributed by atoms with Gasteiger partial charge >= 0.3 is 12.0 Å². The third-order valence-corrected chi connectivity index (χ3v) is 7.57. The van der Waals surface area contributed by atoms with Crippen LogP contribution in [0.15, 0.2) is 42.5 Å². The van der Waals surface area contributed by atoms with Crippen LogP contribution in [0.4, 0.5) is 9.18 Å². The zero-order chi connectivity index (χ0) is 27.1. The highest BCUT2D eigenvalue weighted by Crippen LogP contribution is 2.30. The normalized spacial score (nSPS) is 20.0. The fourth-order valence-corrected chi connectivity index (χ4v) is 5.20. The maximum Gasteiger partial charge on any atom is 0.317 e. The number of carbonyl (C=O) groups is 3.